The highest BCUT2D eigenvalue weighted by atomic mass is 15.1. The van der Waals surface area contributed by atoms with Crippen LogP contribution >= 0.6 is 0 Å². The Labute approximate surface area is 88.0 Å². The van der Waals surface area contributed by atoms with Gasteiger partial charge in [-0.2, -0.15) is 0 Å². The molecule has 3 nitrogen and oxygen atoms in total. The highest BCUT2D eigenvalue weighted by Crippen LogP contribution is 2.16. The van der Waals surface area contributed by atoms with Gasteiger partial charge >= 0.3 is 0 Å². The zero-order valence-corrected chi connectivity index (χ0v) is 9.63. The van der Waals surface area contributed by atoms with Crippen molar-refractivity contribution in [1.82, 2.24) is 10.2 Å². The second-order valence-corrected chi connectivity index (χ2v) is 4.46. The highest BCUT2D eigenvalue weighted by molar-refractivity contribution is 4.78. The second-order valence-electron chi connectivity index (χ2n) is 4.46. The van der Waals surface area contributed by atoms with Crippen molar-refractivity contribution in [1.29, 1.82) is 0 Å². The number of likely N-dealkylation sites (N-methyl/N-ethyl adjacent to an activating group) is 1. The fourth-order valence-corrected chi connectivity index (χ4v) is 1.94. The molecule has 3 heteroatoms. The Hall–Kier alpha value is -0.120. The Morgan fingerprint density at radius 1 is 1.29 bits per heavy atom. The third-order valence-electron chi connectivity index (χ3n) is 3.24. The Balaban J connectivity index is 2.02. The van der Waals surface area contributed by atoms with Crippen molar-refractivity contribution in [2.24, 2.45) is 5.73 Å². The molecule has 84 valence electrons. The molecule has 0 bridgehead atoms. The predicted octanol–water partition coefficient (Wildman–Crippen LogP) is 0.798. The molecule has 0 aromatic heterocycles. The Morgan fingerprint density at radius 3 is 2.50 bits per heavy atom. The lowest BCUT2D eigenvalue weighted by Crippen LogP contribution is -2.40. The molecule has 1 saturated carbocycles. The van der Waals surface area contributed by atoms with E-state index in [9.17, 15) is 0 Å². The van der Waals surface area contributed by atoms with E-state index >= 15 is 0 Å². The van der Waals surface area contributed by atoms with Crippen LogP contribution in [0.3, 0.4) is 0 Å². The summed E-state index contributed by atoms with van der Waals surface area (Å²) in [5.41, 5.74) is 5.86. The quantitative estimate of drug-likeness (QED) is 0.688. The van der Waals surface area contributed by atoms with Crippen LogP contribution in [-0.2, 0) is 0 Å². The zero-order chi connectivity index (χ0) is 10.4. The number of rotatable bonds is 5. The van der Waals surface area contributed by atoms with Gasteiger partial charge in [-0.3, -0.25) is 0 Å². The minimum atomic E-state index is 0.464. The van der Waals surface area contributed by atoms with Crippen LogP contribution in [0, 0.1) is 0 Å². The molecule has 0 radical (unpaired) electrons. The van der Waals surface area contributed by atoms with Gasteiger partial charge in [-0.1, -0.05) is 6.92 Å². The van der Waals surface area contributed by atoms with Crippen molar-refractivity contribution in [3.05, 3.63) is 0 Å². The van der Waals surface area contributed by atoms with Crippen LogP contribution < -0.4 is 11.1 Å². The molecule has 1 fully saturated rings. The highest BCUT2D eigenvalue weighted by Gasteiger charge is 2.17. The fraction of sp³-hybridized carbons (Fsp3) is 1.00. The maximum absolute atomic E-state index is 5.86. The molecule has 14 heavy (non-hydrogen) atoms. The summed E-state index contributed by atoms with van der Waals surface area (Å²) in [7, 11) is 2.17. The van der Waals surface area contributed by atoms with E-state index in [0.717, 1.165) is 25.7 Å². The normalized spacial score (nSPS) is 28.3. The van der Waals surface area contributed by atoms with Gasteiger partial charge in [-0.05, 0) is 39.3 Å². The fourth-order valence-electron chi connectivity index (χ4n) is 1.94. The van der Waals surface area contributed by atoms with Crippen molar-refractivity contribution in [3.63, 3.8) is 0 Å². The zero-order valence-electron chi connectivity index (χ0n) is 9.63. The first-order chi connectivity index (χ1) is 6.72. The average molecular weight is 199 g/mol. The van der Waals surface area contributed by atoms with E-state index in [-0.39, 0.29) is 0 Å². The van der Waals surface area contributed by atoms with Crippen LogP contribution in [0.2, 0.25) is 0 Å². The molecule has 0 aromatic carbocycles. The summed E-state index contributed by atoms with van der Waals surface area (Å²) in [5, 5.41) is 3.61. The molecule has 1 aliphatic carbocycles. The molecule has 0 heterocycles. The van der Waals surface area contributed by atoms with Crippen molar-refractivity contribution >= 4 is 0 Å². The summed E-state index contributed by atoms with van der Waals surface area (Å²) in [4.78, 5) is 2.33. The lowest BCUT2D eigenvalue weighted by molar-refractivity contribution is 0.306. The maximum Gasteiger partial charge on any atom is 0.0104 e. The second kappa shape index (κ2) is 6.38. The van der Waals surface area contributed by atoms with E-state index in [1.807, 2.05) is 0 Å². The SMILES string of the molecule is CCN(C)CCNC1CCC(N)CC1. The minimum absolute atomic E-state index is 0.464. The smallest absolute Gasteiger partial charge is 0.0104 e. The van der Waals surface area contributed by atoms with Gasteiger partial charge < -0.3 is 16.0 Å². The molecule has 0 atom stereocenters. The number of nitrogens with zero attached hydrogens (tertiary/aromatic N) is 1. The van der Waals surface area contributed by atoms with Crippen LogP contribution in [0.15, 0.2) is 0 Å². The first-order valence-electron chi connectivity index (χ1n) is 5.90. The van der Waals surface area contributed by atoms with E-state index in [2.05, 4.69) is 24.2 Å². The minimum Gasteiger partial charge on any atom is -0.328 e. The van der Waals surface area contributed by atoms with Crippen LogP contribution in [0.1, 0.15) is 32.6 Å². The first-order valence-corrected chi connectivity index (χ1v) is 5.90. The van der Waals surface area contributed by atoms with Gasteiger partial charge in [0.1, 0.15) is 0 Å². The van der Waals surface area contributed by atoms with E-state index in [0.29, 0.717) is 6.04 Å². The topological polar surface area (TPSA) is 41.3 Å². The summed E-state index contributed by atoms with van der Waals surface area (Å²) < 4.78 is 0. The molecule has 3 N–H and O–H groups in total. The summed E-state index contributed by atoms with van der Waals surface area (Å²) in [6.45, 7) is 5.60. The van der Waals surface area contributed by atoms with E-state index in [4.69, 9.17) is 5.73 Å². The molecule has 0 aliphatic heterocycles. The summed E-state index contributed by atoms with van der Waals surface area (Å²) >= 11 is 0. The number of nitrogens with one attached hydrogen (secondary N) is 1. The van der Waals surface area contributed by atoms with Crippen LogP contribution in [0.25, 0.3) is 0 Å². The van der Waals surface area contributed by atoms with Crippen molar-refractivity contribution in [2.75, 3.05) is 26.7 Å². The van der Waals surface area contributed by atoms with Crippen LogP contribution in [0.4, 0.5) is 0 Å². The summed E-state index contributed by atoms with van der Waals surface area (Å²) in [6, 6.07) is 1.19. The van der Waals surface area contributed by atoms with Crippen LogP contribution in [-0.4, -0.2) is 43.7 Å². The van der Waals surface area contributed by atoms with Gasteiger partial charge in [0.2, 0.25) is 0 Å². The average Bonchev–Trinajstić information content (AvgIpc) is 2.21. The number of nitrogens with two attached hydrogens (primary N) is 1. The monoisotopic (exact) mass is 199 g/mol. The molecule has 0 unspecified atom stereocenters. The summed E-state index contributed by atoms with van der Waals surface area (Å²) in [6.07, 6.45) is 4.91. The van der Waals surface area contributed by atoms with E-state index < -0.39 is 0 Å². The lowest BCUT2D eigenvalue weighted by atomic mass is 9.92. The van der Waals surface area contributed by atoms with Crippen molar-refractivity contribution in [3.8, 4) is 0 Å². The molecule has 0 amide bonds. The van der Waals surface area contributed by atoms with E-state index in [1.165, 1.54) is 25.7 Å². The largest absolute Gasteiger partial charge is 0.328 e. The number of hydrogen-bond donors (Lipinski definition) is 2. The standard InChI is InChI=1S/C11H25N3/c1-3-14(2)9-8-13-11-6-4-10(12)5-7-11/h10-11,13H,3-9,12H2,1-2H3. The van der Waals surface area contributed by atoms with Crippen molar-refractivity contribution in [2.45, 2.75) is 44.7 Å². The Morgan fingerprint density at radius 2 is 1.93 bits per heavy atom. The van der Waals surface area contributed by atoms with Gasteiger partial charge in [0.15, 0.2) is 0 Å². The number of hydrogen-bond acceptors (Lipinski definition) is 3. The van der Waals surface area contributed by atoms with Gasteiger partial charge in [0.05, 0.1) is 0 Å². The molecule has 1 aliphatic rings. The Bertz CT molecular complexity index is 141. The van der Waals surface area contributed by atoms with Gasteiger partial charge in [-0.25, -0.2) is 0 Å². The van der Waals surface area contributed by atoms with Gasteiger partial charge in [0.25, 0.3) is 0 Å². The van der Waals surface area contributed by atoms with Crippen molar-refractivity contribution < 1.29 is 0 Å². The first kappa shape index (κ1) is 12.0. The molecular weight excluding hydrogens is 174 g/mol. The third kappa shape index (κ3) is 4.40. The summed E-state index contributed by atoms with van der Waals surface area (Å²) in [5.74, 6) is 0. The molecule has 1 rings (SSSR count). The third-order valence-corrected chi connectivity index (χ3v) is 3.24. The van der Waals surface area contributed by atoms with E-state index in [1.54, 1.807) is 0 Å². The molecule has 0 saturated heterocycles. The Kier molecular flexibility index (Phi) is 5.45. The molecular formula is C11H25N3. The molecule has 0 aromatic rings. The predicted molar refractivity (Wildman–Crippen MR) is 61.4 cm³/mol. The van der Waals surface area contributed by atoms with Gasteiger partial charge in [-0.15, -0.1) is 0 Å². The lowest BCUT2D eigenvalue weighted by Gasteiger charge is -2.27. The maximum atomic E-state index is 5.86. The van der Waals surface area contributed by atoms with Gasteiger partial charge in [0, 0.05) is 25.2 Å². The molecule has 0 spiro atoms. The van der Waals surface area contributed by atoms with Crippen LogP contribution in [0.5, 0.6) is 0 Å².